The highest BCUT2D eigenvalue weighted by Crippen LogP contribution is 2.25. The zero-order valence-electron chi connectivity index (χ0n) is 25.7. The molecule has 0 aliphatic carbocycles. The normalized spacial score (nSPS) is 11.8. The van der Waals surface area contributed by atoms with Crippen LogP contribution in [-0.2, 0) is 12.8 Å². The van der Waals surface area contributed by atoms with Crippen LogP contribution >= 0.6 is 22.7 Å². The third kappa shape index (κ3) is 11.5. The number of hydrogen-bond acceptors (Lipinski definition) is 4. The van der Waals surface area contributed by atoms with Gasteiger partial charge in [0.15, 0.2) is 0 Å². The summed E-state index contributed by atoms with van der Waals surface area (Å²) in [5, 5.41) is 0. The lowest BCUT2D eigenvalue weighted by Crippen LogP contribution is -1.88. The maximum absolute atomic E-state index is 4.63. The van der Waals surface area contributed by atoms with Gasteiger partial charge in [-0.05, 0) is 97.5 Å². The number of unbranched alkanes of at least 4 members (excludes halogenated alkanes) is 10. The van der Waals surface area contributed by atoms with Gasteiger partial charge < -0.3 is 0 Å². The molecule has 0 bridgehead atoms. The third-order valence-corrected chi connectivity index (χ3v) is 9.85. The molecule has 0 N–H and O–H groups in total. The number of aromatic nitrogens is 2. The van der Waals surface area contributed by atoms with Crippen molar-refractivity contribution in [1.29, 1.82) is 0 Å². The van der Waals surface area contributed by atoms with Crippen LogP contribution in [0.4, 0.5) is 0 Å². The molecule has 4 aromatic heterocycles. The molecule has 4 heterocycles. The van der Waals surface area contributed by atoms with E-state index in [1.165, 1.54) is 109 Å². The van der Waals surface area contributed by atoms with Crippen molar-refractivity contribution in [2.24, 2.45) is 0 Å². The number of pyridine rings is 2. The van der Waals surface area contributed by atoms with Gasteiger partial charge in [0.1, 0.15) is 0 Å². The van der Waals surface area contributed by atoms with Crippen molar-refractivity contribution in [2.75, 3.05) is 0 Å². The minimum absolute atomic E-state index is 0.902. The molecule has 0 aliphatic heterocycles. The molecule has 0 fully saturated rings. The Bertz CT molecular complexity index is 1270. The zero-order chi connectivity index (χ0) is 29.2. The van der Waals surface area contributed by atoms with Gasteiger partial charge in [0.05, 0.1) is 11.4 Å². The van der Waals surface area contributed by atoms with Crippen LogP contribution in [0.3, 0.4) is 0 Å². The standard InChI is InChI=1S/C38H48N2S2/c1-3-5-7-9-11-13-15-33-21-23-35(41-33)19-17-31-25-27-39-37(29-31)38-30-32(26-28-40-38)18-20-36-24-22-34(42-36)16-14-12-10-8-6-4-2/h17-30H,3-16H2,1-2H3/b19-17+,20-18+. The van der Waals surface area contributed by atoms with E-state index in [0.717, 1.165) is 22.5 Å². The van der Waals surface area contributed by atoms with E-state index in [0.29, 0.717) is 0 Å². The van der Waals surface area contributed by atoms with Gasteiger partial charge in [0.2, 0.25) is 0 Å². The smallest absolute Gasteiger partial charge is 0.0892 e. The van der Waals surface area contributed by atoms with Crippen molar-refractivity contribution in [3.63, 3.8) is 0 Å². The van der Waals surface area contributed by atoms with Gasteiger partial charge in [-0.1, -0.05) is 90.2 Å². The molecule has 0 aliphatic rings. The first-order valence-corrected chi connectivity index (χ1v) is 17.8. The molecule has 0 aromatic carbocycles. The summed E-state index contributed by atoms with van der Waals surface area (Å²) in [7, 11) is 0. The Morgan fingerprint density at radius 2 is 0.929 bits per heavy atom. The monoisotopic (exact) mass is 596 g/mol. The van der Waals surface area contributed by atoms with E-state index in [4.69, 9.17) is 0 Å². The molecule has 0 saturated heterocycles. The second kappa shape index (κ2) is 18.7. The van der Waals surface area contributed by atoms with Gasteiger partial charge in [-0.2, -0.15) is 0 Å². The van der Waals surface area contributed by atoms with E-state index in [1.54, 1.807) is 0 Å². The van der Waals surface area contributed by atoms with Gasteiger partial charge in [-0.25, -0.2) is 0 Å². The van der Waals surface area contributed by atoms with Crippen LogP contribution in [0.25, 0.3) is 35.7 Å². The largest absolute Gasteiger partial charge is 0.255 e. The topological polar surface area (TPSA) is 25.8 Å². The second-order valence-electron chi connectivity index (χ2n) is 11.3. The van der Waals surface area contributed by atoms with Crippen molar-refractivity contribution < 1.29 is 0 Å². The van der Waals surface area contributed by atoms with Crippen LogP contribution in [0.2, 0.25) is 0 Å². The van der Waals surface area contributed by atoms with Gasteiger partial charge in [-0.3, -0.25) is 9.97 Å². The average Bonchev–Trinajstić information content (AvgIpc) is 3.68. The number of thiophene rings is 2. The van der Waals surface area contributed by atoms with Gasteiger partial charge in [-0.15, -0.1) is 22.7 Å². The highest BCUT2D eigenvalue weighted by molar-refractivity contribution is 7.13. The predicted octanol–water partition coefficient (Wildman–Crippen LogP) is 12.4. The lowest BCUT2D eigenvalue weighted by molar-refractivity contribution is 0.609. The maximum atomic E-state index is 4.63. The first kappa shape index (κ1) is 32.1. The van der Waals surface area contributed by atoms with Crippen LogP contribution in [0.1, 0.15) is 122 Å². The Morgan fingerprint density at radius 1 is 0.500 bits per heavy atom. The minimum Gasteiger partial charge on any atom is -0.255 e. The van der Waals surface area contributed by atoms with Crippen molar-refractivity contribution in [3.8, 4) is 11.4 Å². The third-order valence-electron chi connectivity index (χ3n) is 7.63. The summed E-state index contributed by atoms with van der Waals surface area (Å²) in [4.78, 5) is 14.9. The molecule has 4 heteroatoms. The molecule has 0 radical (unpaired) electrons. The Kier molecular flexibility index (Phi) is 14.3. The molecule has 0 atom stereocenters. The van der Waals surface area contributed by atoms with Gasteiger partial charge in [0.25, 0.3) is 0 Å². The second-order valence-corrected chi connectivity index (χ2v) is 13.7. The number of rotatable bonds is 19. The molecule has 2 nitrogen and oxygen atoms in total. The predicted molar refractivity (Wildman–Crippen MR) is 188 cm³/mol. The van der Waals surface area contributed by atoms with Crippen LogP contribution in [0.5, 0.6) is 0 Å². The molecule has 4 aromatic rings. The van der Waals surface area contributed by atoms with Gasteiger partial charge in [0, 0.05) is 31.9 Å². The number of nitrogens with zero attached hydrogens (tertiary/aromatic N) is 2. The Labute approximate surface area is 262 Å². The van der Waals surface area contributed by atoms with Crippen molar-refractivity contribution in [2.45, 2.75) is 104 Å². The summed E-state index contributed by atoms with van der Waals surface area (Å²) in [6.07, 6.45) is 31.2. The van der Waals surface area contributed by atoms with Crippen molar-refractivity contribution in [3.05, 3.63) is 91.6 Å². The summed E-state index contributed by atoms with van der Waals surface area (Å²) in [6, 6.07) is 17.5. The molecule has 42 heavy (non-hydrogen) atoms. The first-order valence-electron chi connectivity index (χ1n) is 16.2. The molecule has 0 saturated carbocycles. The van der Waals surface area contributed by atoms with E-state index < -0.39 is 0 Å². The van der Waals surface area contributed by atoms with E-state index in [-0.39, 0.29) is 0 Å². The first-order chi connectivity index (χ1) is 20.7. The molecule has 0 amide bonds. The van der Waals surface area contributed by atoms with Crippen LogP contribution < -0.4 is 0 Å². The summed E-state index contributed by atoms with van der Waals surface area (Å²) in [5.74, 6) is 0. The minimum atomic E-state index is 0.902. The summed E-state index contributed by atoms with van der Waals surface area (Å²) < 4.78 is 0. The Morgan fingerprint density at radius 3 is 1.38 bits per heavy atom. The zero-order valence-corrected chi connectivity index (χ0v) is 27.3. The maximum Gasteiger partial charge on any atom is 0.0892 e. The molecule has 222 valence electrons. The van der Waals surface area contributed by atoms with E-state index >= 15 is 0 Å². The fourth-order valence-corrected chi connectivity index (χ4v) is 7.05. The fraction of sp³-hybridized carbons (Fsp3) is 0.421. The average molecular weight is 597 g/mol. The lowest BCUT2D eigenvalue weighted by atomic mass is 10.1. The van der Waals surface area contributed by atoms with Crippen molar-refractivity contribution >= 4 is 47.0 Å². The number of aryl methyl sites for hydroxylation is 2. The SMILES string of the molecule is CCCCCCCCc1ccc(/C=C/c2ccnc(-c3cc(/C=C/c4ccc(CCCCCCCC)s4)ccn3)c2)s1. The van der Waals surface area contributed by atoms with E-state index in [2.05, 4.69) is 96.7 Å². The van der Waals surface area contributed by atoms with Crippen LogP contribution in [-0.4, -0.2) is 9.97 Å². The fourth-order valence-electron chi connectivity index (χ4n) is 5.13. The Hall–Kier alpha value is -2.82. The van der Waals surface area contributed by atoms with Crippen molar-refractivity contribution in [1.82, 2.24) is 9.97 Å². The molecule has 4 rings (SSSR count). The lowest BCUT2D eigenvalue weighted by Gasteiger charge is -2.03. The highest BCUT2D eigenvalue weighted by Gasteiger charge is 2.04. The van der Waals surface area contributed by atoms with E-state index in [9.17, 15) is 0 Å². The molecule has 0 spiro atoms. The summed E-state index contributed by atoms with van der Waals surface area (Å²) >= 11 is 3.83. The quantitative estimate of drug-likeness (QED) is 0.101. The Balaban J connectivity index is 1.29. The van der Waals surface area contributed by atoms with Gasteiger partial charge >= 0.3 is 0 Å². The van der Waals surface area contributed by atoms with E-state index in [1.807, 2.05) is 35.1 Å². The molecule has 0 unspecified atom stereocenters. The van der Waals surface area contributed by atoms with Crippen LogP contribution in [0, 0.1) is 0 Å². The summed E-state index contributed by atoms with van der Waals surface area (Å²) in [5.41, 5.74) is 4.09. The molecular weight excluding hydrogens is 549 g/mol. The highest BCUT2D eigenvalue weighted by atomic mass is 32.1. The molecular formula is C38H48N2S2. The summed E-state index contributed by atoms with van der Waals surface area (Å²) in [6.45, 7) is 4.55. The number of hydrogen-bond donors (Lipinski definition) is 0. The van der Waals surface area contributed by atoms with Crippen LogP contribution in [0.15, 0.2) is 60.9 Å².